The maximum atomic E-state index is 12.3. The summed E-state index contributed by atoms with van der Waals surface area (Å²) < 4.78 is 3.72. The number of anilines is 1. The summed E-state index contributed by atoms with van der Waals surface area (Å²) >= 11 is 0. The second kappa shape index (κ2) is 6.03. The Kier molecular flexibility index (Phi) is 4.35. The van der Waals surface area contributed by atoms with Crippen molar-refractivity contribution < 1.29 is 4.79 Å². The number of aromatic nitrogens is 3. The van der Waals surface area contributed by atoms with Crippen molar-refractivity contribution in [3.05, 3.63) is 34.9 Å². The first-order valence-electron chi connectivity index (χ1n) is 7.17. The number of hydrogen-bond acceptors (Lipinski definition) is 3. The van der Waals surface area contributed by atoms with Crippen LogP contribution in [0.2, 0.25) is 0 Å². The van der Waals surface area contributed by atoms with Crippen molar-refractivity contribution in [1.29, 1.82) is 0 Å². The fourth-order valence-electron chi connectivity index (χ4n) is 2.48. The Hall–Kier alpha value is -2.24. The van der Waals surface area contributed by atoms with Gasteiger partial charge in [-0.05, 0) is 26.3 Å². The van der Waals surface area contributed by atoms with Crippen LogP contribution in [0.25, 0.3) is 0 Å². The standard InChI is InChI=1S/C15H23N5O/c1-5-6-20-9-12(16)7-14(20)15(21)17-8-13-10(2)18-19(4)11(13)3/h7,9H,5-6,8,16H2,1-4H3,(H,17,21). The van der Waals surface area contributed by atoms with Crippen molar-refractivity contribution >= 4 is 11.6 Å². The third kappa shape index (κ3) is 3.09. The van der Waals surface area contributed by atoms with E-state index in [1.165, 1.54) is 0 Å². The average molecular weight is 289 g/mol. The van der Waals surface area contributed by atoms with E-state index in [0.717, 1.165) is 29.9 Å². The predicted molar refractivity (Wildman–Crippen MR) is 83.0 cm³/mol. The number of nitrogens with one attached hydrogen (secondary N) is 1. The van der Waals surface area contributed by atoms with Crippen molar-refractivity contribution in [1.82, 2.24) is 19.7 Å². The van der Waals surface area contributed by atoms with Crippen LogP contribution in [0.3, 0.4) is 0 Å². The van der Waals surface area contributed by atoms with Crippen LogP contribution in [0.5, 0.6) is 0 Å². The van der Waals surface area contributed by atoms with E-state index < -0.39 is 0 Å². The van der Waals surface area contributed by atoms with Crippen LogP contribution in [-0.2, 0) is 20.1 Å². The number of carbonyl (C=O) groups is 1. The van der Waals surface area contributed by atoms with E-state index in [1.54, 1.807) is 12.3 Å². The van der Waals surface area contributed by atoms with Gasteiger partial charge in [0.05, 0.1) is 11.4 Å². The van der Waals surface area contributed by atoms with Crippen LogP contribution in [0, 0.1) is 13.8 Å². The van der Waals surface area contributed by atoms with Gasteiger partial charge in [-0.25, -0.2) is 0 Å². The zero-order chi connectivity index (χ0) is 15.6. The molecule has 0 spiro atoms. The van der Waals surface area contributed by atoms with Crippen molar-refractivity contribution in [3.8, 4) is 0 Å². The molecule has 1 amide bonds. The third-order valence-corrected chi connectivity index (χ3v) is 3.70. The molecule has 0 aliphatic carbocycles. The molecule has 0 aliphatic heterocycles. The molecule has 2 heterocycles. The Bertz CT molecular complexity index is 653. The molecule has 2 aromatic heterocycles. The molecule has 2 aromatic rings. The highest BCUT2D eigenvalue weighted by molar-refractivity contribution is 5.93. The summed E-state index contributed by atoms with van der Waals surface area (Å²) in [7, 11) is 1.90. The van der Waals surface area contributed by atoms with Gasteiger partial charge in [-0.1, -0.05) is 6.92 Å². The van der Waals surface area contributed by atoms with E-state index in [4.69, 9.17) is 5.73 Å². The quantitative estimate of drug-likeness (QED) is 0.880. The van der Waals surface area contributed by atoms with E-state index in [9.17, 15) is 4.79 Å². The smallest absolute Gasteiger partial charge is 0.268 e. The van der Waals surface area contributed by atoms with Crippen LogP contribution >= 0.6 is 0 Å². The molecule has 0 saturated carbocycles. The maximum absolute atomic E-state index is 12.3. The number of nitrogens with zero attached hydrogens (tertiary/aromatic N) is 3. The van der Waals surface area contributed by atoms with Gasteiger partial charge in [0.1, 0.15) is 5.69 Å². The van der Waals surface area contributed by atoms with Gasteiger partial charge in [0.25, 0.3) is 5.91 Å². The van der Waals surface area contributed by atoms with E-state index in [2.05, 4.69) is 17.3 Å². The molecule has 21 heavy (non-hydrogen) atoms. The lowest BCUT2D eigenvalue weighted by molar-refractivity contribution is 0.0941. The second-order valence-electron chi connectivity index (χ2n) is 5.31. The lowest BCUT2D eigenvalue weighted by Crippen LogP contribution is -2.25. The number of nitrogens with two attached hydrogens (primary N) is 1. The average Bonchev–Trinajstić information content (AvgIpc) is 2.90. The number of hydrogen-bond donors (Lipinski definition) is 2. The largest absolute Gasteiger partial charge is 0.397 e. The minimum Gasteiger partial charge on any atom is -0.397 e. The first-order chi connectivity index (χ1) is 9.93. The normalized spacial score (nSPS) is 10.9. The number of aryl methyl sites for hydroxylation is 3. The van der Waals surface area contributed by atoms with Crippen LogP contribution < -0.4 is 11.1 Å². The molecule has 0 radical (unpaired) electrons. The first-order valence-corrected chi connectivity index (χ1v) is 7.17. The highest BCUT2D eigenvalue weighted by atomic mass is 16.1. The summed E-state index contributed by atoms with van der Waals surface area (Å²) in [6.07, 6.45) is 2.76. The monoisotopic (exact) mass is 289 g/mol. The van der Waals surface area contributed by atoms with Crippen LogP contribution in [0.1, 0.15) is 40.8 Å². The van der Waals surface area contributed by atoms with E-state index in [1.807, 2.05) is 30.1 Å². The molecule has 3 N–H and O–H groups in total. The molecule has 114 valence electrons. The van der Waals surface area contributed by atoms with Crippen molar-refractivity contribution in [2.24, 2.45) is 7.05 Å². The number of nitrogen functional groups attached to an aromatic ring is 1. The molecule has 0 bridgehead atoms. The Morgan fingerprint density at radius 2 is 2.14 bits per heavy atom. The molecule has 6 nitrogen and oxygen atoms in total. The first kappa shape index (κ1) is 15.2. The Morgan fingerprint density at radius 3 is 2.71 bits per heavy atom. The minimum absolute atomic E-state index is 0.109. The Morgan fingerprint density at radius 1 is 1.43 bits per heavy atom. The number of carbonyl (C=O) groups excluding carboxylic acids is 1. The summed E-state index contributed by atoms with van der Waals surface area (Å²) in [5.74, 6) is -0.109. The fraction of sp³-hybridized carbons (Fsp3) is 0.467. The molecule has 0 unspecified atom stereocenters. The summed E-state index contributed by atoms with van der Waals surface area (Å²) in [5, 5.41) is 7.31. The van der Waals surface area contributed by atoms with E-state index in [0.29, 0.717) is 17.9 Å². The second-order valence-corrected chi connectivity index (χ2v) is 5.31. The van der Waals surface area contributed by atoms with Crippen LogP contribution in [-0.4, -0.2) is 20.3 Å². The van der Waals surface area contributed by atoms with Gasteiger partial charge in [0, 0.05) is 37.6 Å². The lowest BCUT2D eigenvalue weighted by Gasteiger charge is -2.09. The molecule has 0 aromatic carbocycles. The lowest BCUT2D eigenvalue weighted by atomic mass is 10.2. The summed E-state index contributed by atoms with van der Waals surface area (Å²) in [5.41, 5.74) is 10.1. The van der Waals surface area contributed by atoms with E-state index >= 15 is 0 Å². The molecular formula is C15H23N5O. The Labute approximate surface area is 124 Å². The maximum Gasteiger partial charge on any atom is 0.268 e. The SMILES string of the molecule is CCCn1cc(N)cc1C(=O)NCc1c(C)nn(C)c1C. The summed E-state index contributed by atoms with van der Waals surface area (Å²) in [4.78, 5) is 12.3. The topological polar surface area (TPSA) is 77.9 Å². The molecule has 6 heteroatoms. The zero-order valence-electron chi connectivity index (χ0n) is 13.1. The van der Waals surface area contributed by atoms with Crippen LogP contribution in [0.15, 0.2) is 12.3 Å². The van der Waals surface area contributed by atoms with Gasteiger partial charge in [0.15, 0.2) is 0 Å². The summed E-state index contributed by atoms with van der Waals surface area (Å²) in [6, 6.07) is 1.72. The van der Waals surface area contributed by atoms with Crippen molar-refractivity contribution in [3.63, 3.8) is 0 Å². The fourth-order valence-corrected chi connectivity index (χ4v) is 2.48. The van der Waals surface area contributed by atoms with Gasteiger partial charge >= 0.3 is 0 Å². The van der Waals surface area contributed by atoms with Crippen molar-refractivity contribution in [2.45, 2.75) is 40.3 Å². The van der Waals surface area contributed by atoms with Gasteiger partial charge in [-0.15, -0.1) is 0 Å². The van der Waals surface area contributed by atoms with Gasteiger partial charge in [-0.2, -0.15) is 5.10 Å². The molecule has 0 saturated heterocycles. The number of amides is 1. The number of rotatable bonds is 5. The van der Waals surface area contributed by atoms with Gasteiger partial charge < -0.3 is 15.6 Å². The molecular weight excluding hydrogens is 266 g/mol. The summed E-state index contributed by atoms with van der Waals surface area (Å²) in [6.45, 7) is 7.28. The van der Waals surface area contributed by atoms with Gasteiger partial charge in [0.2, 0.25) is 0 Å². The predicted octanol–water partition coefficient (Wildman–Crippen LogP) is 1.76. The Balaban J connectivity index is 2.12. The van der Waals surface area contributed by atoms with Crippen LogP contribution in [0.4, 0.5) is 5.69 Å². The van der Waals surface area contributed by atoms with Gasteiger partial charge in [-0.3, -0.25) is 9.48 Å². The molecule has 0 aliphatic rings. The molecule has 0 atom stereocenters. The zero-order valence-corrected chi connectivity index (χ0v) is 13.1. The minimum atomic E-state index is -0.109. The molecule has 2 rings (SSSR count). The van der Waals surface area contributed by atoms with E-state index in [-0.39, 0.29) is 5.91 Å². The highest BCUT2D eigenvalue weighted by Crippen LogP contribution is 2.14. The van der Waals surface area contributed by atoms with Crippen molar-refractivity contribution in [2.75, 3.05) is 5.73 Å². The molecule has 0 fully saturated rings. The third-order valence-electron chi connectivity index (χ3n) is 3.70. The highest BCUT2D eigenvalue weighted by Gasteiger charge is 2.15.